The van der Waals surface area contributed by atoms with Crippen molar-refractivity contribution in [2.24, 2.45) is 5.73 Å². The number of hydrogen-bond donors (Lipinski definition) is 2. The van der Waals surface area contributed by atoms with E-state index in [1.807, 2.05) is 0 Å². The van der Waals surface area contributed by atoms with Gasteiger partial charge in [-0.3, -0.25) is 4.79 Å². The van der Waals surface area contributed by atoms with Crippen LogP contribution in [-0.2, 0) is 4.79 Å². The van der Waals surface area contributed by atoms with E-state index in [0.717, 1.165) is 0 Å². The zero-order valence-electron chi connectivity index (χ0n) is 11.8. The molecule has 0 amide bonds. The topological polar surface area (TPSA) is 63.3 Å². The zero-order chi connectivity index (χ0) is 21.6. The van der Waals surface area contributed by atoms with Gasteiger partial charge in [-0.2, -0.15) is 57.1 Å². The fourth-order valence-electron chi connectivity index (χ4n) is 1.56. The number of halogens is 13. The molecule has 3 N–H and O–H groups in total. The van der Waals surface area contributed by atoms with Crippen LogP contribution in [0.3, 0.4) is 0 Å². The number of nitrogens with two attached hydrogens (primary N) is 1. The van der Waals surface area contributed by atoms with Crippen molar-refractivity contribution in [3.05, 3.63) is 0 Å². The van der Waals surface area contributed by atoms with Gasteiger partial charge in [-0.05, 0) is 0 Å². The Hall–Kier alpha value is -1.48. The van der Waals surface area contributed by atoms with Gasteiger partial charge >= 0.3 is 41.8 Å². The Balaban J connectivity index is 6.04. The second kappa shape index (κ2) is 6.60. The van der Waals surface area contributed by atoms with Gasteiger partial charge in [0.25, 0.3) is 0 Å². The van der Waals surface area contributed by atoms with E-state index in [9.17, 15) is 61.9 Å². The van der Waals surface area contributed by atoms with Crippen LogP contribution in [-0.4, -0.2) is 52.9 Å². The molecule has 16 heteroatoms. The molecule has 0 aromatic carbocycles. The Morgan fingerprint density at radius 2 is 1.08 bits per heavy atom. The summed E-state index contributed by atoms with van der Waals surface area (Å²) in [6.07, 6.45) is -11.8. The van der Waals surface area contributed by atoms with Crippen molar-refractivity contribution in [1.29, 1.82) is 0 Å². The normalized spacial score (nSPS) is 16.5. The molecule has 0 saturated carbocycles. The fourth-order valence-corrected chi connectivity index (χ4v) is 1.56. The first-order chi connectivity index (χ1) is 11.1. The van der Waals surface area contributed by atoms with Gasteiger partial charge in [0.1, 0.15) is 0 Å². The maximum Gasteiger partial charge on any atom is 0.460 e. The number of rotatable bonds is 8. The van der Waals surface area contributed by atoms with Crippen molar-refractivity contribution in [3.63, 3.8) is 0 Å². The van der Waals surface area contributed by atoms with Crippen LogP contribution in [0.25, 0.3) is 0 Å². The molecule has 0 radical (unpaired) electrons. The van der Waals surface area contributed by atoms with Crippen molar-refractivity contribution in [2.45, 2.75) is 54.7 Å². The molecule has 3 nitrogen and oxygen atoms in total. The van der Waals surface area contributed by atoms with E-state index in [-0.39, 0.29) is 0 Å². The van der Waals surface area contributed by atoms with Gasteiger partial charge in [-0.25, -0.2) is 0 Å². The van der Waals surface area contributed by atoms with Crippen molar-refractivity contribution in [3.8, 4) is 0 Å². The summed E-state index contributed by atoms with van der Waals surface area (Å²) in [5.74, 6) is -39.5. The summed E-state index contributed by atoms with van der Waals surface area (Å²) in [6.45, 7) is 0. The number of carboxylic acid groups (broad SMARTS) is 1. The van der Waals surface area contributed by atoms with Gasteiger partial charge in [0.05, 0.1) is 6.42 Å². The SMILES string of the molecule is NC(CC(=O)O)CC(F)(F)C(F)(F)C(F)(F)C(F)(F)C(F)(F)C(F)(F)F. The van der Waals surface area contributed by atoms with Crippen LogP contribution < -0.4 is 5.73 Å². The van der Waals surface area contributed by atoms with E-state index in [1.54, 1.807) is 0 Å². The summed E-state index contributed by atoms with van der Waals surface area (Å²) in [6, 6.07) is -2.54. The molecule has 0 bridgehead atoms. The minimum Gasteiger partial charge on any atom is -0.481 e. The van der Waals surface area contributed by atoms with Crippen molar-refractivity contribution < 1.29 is 67.0 Å². The minimum absolute atomic E-state index is 1.55. The second-order valence-electron chi connectivity index (χ2n) is 5.06. The third kappa shape index (κ3) is 3.78. The summed E-state index contributed by atoms with van der Waals surface area (Å²) in [4.78, 5) is 10.1. The third-order valence-corrected chi connectivity index (χ3v) is 2.95. The van der Waals surface area contributed by atoms with Crippen LogP contribution >= 0.6 is 0 Å². The van der Waals surface area contributed by atoms with Crippen LogP contribution in [0.1, 0.15) is 12.8 Å². The van der Waals surface area contributed by atoms with Crippen LogP contribution in [0.2, 0.25) is 0 Å². The molecule has 26 heavy (non-hydrogen) atoms. The van der Waals surface area contributed by atoms with Crippen LogP contribution in [0.4, 0.5) is 57.1 Å². The van der Waals surface area contributed by atoms with E-state index in [1.165, 1.54) is 0 Å². The highest BCUT2D eigenvalue weighted by Crippen LogP contribution is 2.60. The minimum atomic E-state index is -7.98. The third-order valence-electron chi connectivity index (χ3n) is 2.95. The molecular formula is C10H8F13NO2. The Morgan fingerprint density at radius 3 is 1.38 bits per heavy atom. The lowest BCUT2D eigenvalue weighted by Gasteiger charge is -2.40. The number of carbonyl (C=O) groups is 1. The average molecular weight is 421 g/mol. The van der Waals surface area contributed by atoms with Crippen molar-refractivity contribution >= 4 is 5.97 Å². The number of alkyl halides is 13. The maximum absolute atomic E-state index is 13.3. The first-order valence-corrected chi connectivity index (χ1v) is 5.99. The molecule has 0 aromatic heterocycles. The molecular weight excluding hydrogens is 413 g/mol. The Labute approximate surface area is 134 Å². The lowest BCUT2D eigenvalue weighted by Crippen LogP contribution is -2.70. The second-order valence-corrected chi connectivity index (χ2v) is 5.06. The molecule has 1 unspecified atom stereocenters. The van der Waals surface area contributed by atoms with E-state index in [2.05, 4.69) is 5.73 Å². The summed E-state index contributed by atoms with van der Waals surface area (Å²) in [5.41, 5.74) is 4.61. The molecule has 0 heterocycles. The van der Waals surface area contributed by atoms with Crippen LogP contribution in [0.5, 0.6) is 0 Å². The van der Waals surface area contributed by atoms with E-state index >= 15 is 0 Å². The van der Waals surface area contributed by atoms with Crippen molar-refractivity contribution in [1.82, 2.24) is 0 Å². The Morgan fingerprint density at radius 1 is 0.731 bits per heavy atom. The van der Waals surface area contributed by atoms with E-state index < -0.39 is 60.6 Å². The molecule has 0 spiro atoms. The largest absolute Gasteiger partial charge is 0.481 e. The molecule has 156 valence electrons. The van der Waals surface area contributed by atoms with Gasteiger partial charge in [0.15, 0.2) is 0 Å². The Bertz CT molecular complexity index is 528. The lowest BCUT2D eigenvalue weighted by molar-refractivity contribution is -0.440. The van der Waals surface area contributed by atoms with Gasteiger partial charge in [0.2, 0.25) is 0 Å². The first-order valence-electron chi connectivity index (χ1n) is 5.99. The molecule has 0 fully saturated rings. The monoisotopic (exact) mass is 421 g/mol. The molecule has 0 saturated heterocycles. The van der Waals surface area contributed by atoms with Crippen LogP contribution in [0, 0.1) is 0 Å². The highest BCUT2D eigenvalue weighted by molar-refractivity contribution is 5.67. The summed E-state index contributed by atoms with van der Waals surface area (Å²) in [7, 11) is 0. The Kier molecular flexibility index (Phi) is 6.22. The van der Waals surface area contributed by atoms with Gasteiger partial charge in [0, 0.05) is 12.5 Å². The van der Waals surface area contributed by atoms with Crippen LogP contribution in [0.15, 0.2) is 0 Å². The summed E-state index contributed by atoms with van der Waals surface area (Å²) < 4.78 is 165. The van der Waals surface area contributed by atoms with Gasteiger partial charge in [-0.15, -0.1) is 0 Å². The van der Waals surface area contributed by atoms with E-state index in [0.29, 0.717) is 0 Å². The molecule has 0 aliphatic rings. The number of carboxylic acids is 1. The number of aliphatic carboxylic acids is 1. The zero-order valence-corrected chi connectivity index (χ0v) is 11.8. The predicted octanol–water partition coefficient (Wildman–Crippen LogP) is 3.92. The predicted molar refractivity (Wildman–Crippen MR) is 55.6 cm³/mol. The number of hydrogen-bond acceptors (Lipinski definition) is 2. The highest BCUT2D eigenvalue weighted by atomic mass is 19.4. The fraction of sp³-hybridized carbons (Fsp3) is 0.900. The van der Waals surface area contributed by atoms with Gasteiger partial charge < -0.3 is 10.8 Å². The lowest BCUT2D eigenvalue weighted by atomic mass is 9.90. The average Bonchev–Trinajstić information content (AvgIpc) is 2.34. The molecule has 0 aliphatic heterocycles. The molecule has 0 aromatic rings. The quantitative estimate of drug-likeness (QED) is 0.585. The first kappa shape index (κ1) is 24.5. The van der Waals surface area contributed by atoms with Crippen molar-refractivity contribution in [2.75, 3.05) is 0 Å². The summed E-state index contributed by atoms with van der Waals surface area (Å²) >= 11 is 0. The highest BCUT2D eigenvalue weighted by Gasteiger charge is 2.90. The van der Waals surface area contributed by atoms with Gasteiger partial charge in [-0.1, -0.05) is 0 Å². The molecule has 0 aliphatic carbocycles. The standard InChI is InChI=1S/C10H8F13NO2/c11-5(12,2-3(24)1-4(25)26)6(13,14)7(15,16)8(17,18)9(19,20)10(21,22)23/h3H,1-2,24H2,(H,25,26). The molecule has 1 atom stereocenters. The maximum atomic E-state index is 13.3. The van der Waals surface area contributed by atoms with E-state index in [4.69, 9.17) is 5.11 Å². The smallest absolute Gasteiger partial charge is 0.460 e. The molecule has 0 rings (SSSR count). The summed E-state index contributed by atoms with van der Waals surface area (Å²) in [5, 5.41) is 8.16.